The zero-order chi connectivity index (χ0) is 16.2. The van der Waals surface area contributed by atoms with Gasteiger partial charge >= 0.3 is 6.09 Å². The summed E-state index contributed by atoms with van der Waals surface area (Å²) < 4.78 is 5.49. The summed E-state index contributed by atoms with van der Waals surface area (Å²) in [6.45, 7) is 11.3. The smallest absolute Gasteiger partial charge is 0.410 e. The summed E-state index contributed by atoms with van der Waals surface area (Å²) in [7, 11) is 0. The largest absolute Gasteiger partial charge is 0.444 e. The van der Waals surface area contributed by atoms with Gasteiger partial charge in [-0.3, -0.25) is 4.90 Å². The van der Waals surface area contributed by atoms with Crippen molar-refractivity contribution in [1.82, 2.24) is 9.80 Å². The monoisotopic (exact) mass is 304 g/mol. The van der Waals surface area contributed by atoms with Gasteiger partial charge in [-0.25, -0.2) is 4.79 Å². The van der Waals surface area contributed by atoms with E-state index in [4.69, 9.17) is 4.74 Å². The normalized spacial score (nSPS) is 20.5. The Morgan fingerprint density at radius 2 is 1.86 bits per heavy atom. The van der Waals surface area contributed by atoms with Gasteiger partial charge in [-0.2, -0.15) is 0 Å². The summed E-state index contributed by atoms with van der Waals surface area (Å²) in [5, 5.41) is 0. The van der Waals surface area contributed by atoms with Crippen LogP contribution in [0.1, 0.15) is 39.7 Å². The highest BCUT2D eigenvalue weighted by Crippen LogP contribution is 2.17. The van der Waals surface area contributed by atoms with Gasteiger partial charge in [0.2, 0.25) is 0 Å². The SMILES string of the molecule is CC1CCN(C(=O)OC(C)(C)C)CCN1Cc1ccccc1. The van der Waals surface area contributed by atoms with Crippen molar-refractivity contribution in [3.8, 4) is 0 Å². The molecule has 1 aliphatic rings. The fourth-order valence-electron chi connectivity index (χ4n) is 2.67. The number of carbonyl (C=O) groups excluding carboxylic acids is 1. The number of amides is 1. The van der Waals surface area contributed by atoms with Crippen molar-refractivity contribution in [3.63, 3.8) is 0 Å². The zero-order valence-electron chi connectivity index (χ0n) is 14.2. The first-order valence-electron chi connectivity index (χ1n) is 8.11. The molecule has 1 fully saturated rings. The molecular formula is C18H28N2O2. The number of benzene rings is 1. The molecule has 0 radical (unpaired) electrons. The molecule has 0 spiro atoms. The van der Waals surface area contributed by atoms with Crippen molar-refractivity contribution in [1.29, 1.82) is 0 Å². The molecule has 1 unspecified atom stereocenters. The number of hydrogen-bond acceptors (Lipinski definition) is 3. The molecule has 1 atom stereocenters. The molecule has 0 aliphatic carbocycles. The number of hydrogen-bond donors (Lipinski definition) is 0. The van der Waals surface area contributed by atoms with Crippen molar-refractivity contribution in [2.75, 3.05) is 19.6 Å². The Morgan fingerprint density at radius 3 is 2.50 bits per heavy atom. The third kappa shape index (κ3) is 5.02. The van der Waals surface area contributed by atoms with Gasteiger partial charge in [0.05, 0.1) is 0 Å². The molecule has 1 saturated heterocycles. The van der Waals surface area contributed by atoms with E-state index in [2.05, 4.69) is 36.1 Å². The van der Waals surface area contributed by atoms with Crippen LogP contribution in [0, 0.1) is 0 Å². The number of ether oxygens (including phenoxy) is 1. The van der Waals surface area contributed by atoms with Crippen molar-refractivity contribution >= 4 is 6.09 Å². The van der Waals surface area contributed by atoms with Gasteiger partial charge in [0, 0.05) is 32.2 Å². The van der Waals surface area contributed by atoms with Crippen LogP contribution in [0.2, 0.25) is 0 Å². The summed E-state index contributed by atoms with van der Waals surface area (Å²) in [5.74, 6) is 0. The molecule has 0 bridgehead atoms. The summed E-state index contributed by atoms with van der Waals surface area (Å²) in [5.41, 5.74) is 0.888. The van der Waals surface area contributed by atoms with Gasteiger partial charge < -0.3 is 9.64 Å². The highest BCUT2D eigenvalue weighted by molar-refractivity contribution is 5.68. The van der Waals surface area contributed by atoms with Gasteiger partial charge in [0.1, 0.15) is 5.60 Å². The number of rotatable bonds is 2. The average molecular weight is 304 g/mol. The predicted octanol–water partition coefficient (Wildman–Crippen LogP) is 3.52. The standard InChI is InChI=1S/C18H28N2O2/c1-15-10-11-19(17(21)22-18(2,3)4)12-13-20(15)14-16-8-6-5-7-9-16/h5-9,15H,10-14H2,1-4H3. The molecule has 1 amide bonds. The first-order chi connectivity index (χ1) is 10.3. The van der Waals surface area contributed by atoms with E-state index < -0.39 is 5.60 Å². The van der Waals surface area contributed by atoms with E-state index in [0.29, 0.717) is 6.04 Å². The molecule has 1 aliphatic heterocycles. The third-order valence-corrected chi connectivity index (χ3v) is 3.98. The Bertz CT molecular complexity index is 482. The topological polar surface area (TPSA) is 32.8 Å². The molecule has 2 rings (SSSR count). The van der Waals surface area contributed by atoms with Gasteiger partial charge in [-0.1, -0.05) is 30.3 Å². The molecule has 122 valence electrons. The lowest BCUT2D eigenvalue weighted by Gasteiger charge is -2.27. The van der Waals surface area contributed by atoms with Crippen molar-refractivity contribution < 1.29 is 9.53 Å². The Labute approximate surface area is 134 Å². The lowest BCUT2D eigenvalue weighted by molar-refractivity contribution is 0.0257. The van der Waals surface area contributed by atoms with Gasteiger partial charge in [0.25, 0.3) is 0 Å². The summed E-state index contributed by atoms with van der Waals surface area (Å²) in [6.07, 6.45) is 0.785. The summed E-state index contributed by atoms with van der Waals surface area (Å²) >= 11 is 0. The minimum Gasteiger partial charge on any atom is -0.444 e. The Hall–Kier alpha value is -1.55. The molecule has 1 aromatic rings. The fraction of sp³-hybridized carbons (Fsp3) is 0.611. The van der Waals surface area contributed by atoms with Crippen LogP contribution in [0.3, 0.4) is 0 Å². The maximum Gasteiger partial charge on any atom is 0.410 e. The lowest BCUT2D eigenvalue weighted by atomic mass is 10.1. The second kappa shape index (κ2) is 7.14. The van der Waals surface area contributed by atoms with Crippen LogP contribution in [-0.2, 0) is 11.3 Å². The van der Waals surface area contributed by atoms with Crippen molar-refractivity contribution in [2.45, 2.75) is 52.3 Å². The highest BCUT2D eigenvalue weighted by atomic mass is 16.6. The van der Waals surface area contributed by atoms with Crippen molar-refractivity contribution in [3.05, 3.63) is 35.9 Å². The molecule has 0 N–H and O–H groups in total. The molecule has 0 saturated carbocycles. The Balaban J connectivity index is 1.94. The second-order valence-electron chi connectivity index (χ2n) is 7.06. The molecule has 0 aromatic heterocycles. The highest BCUT2D eigenvalue weighted by Gasteiger charge is 2.26. The van der Waals surface area contributed by atoms with E-state index in [1.807, 2.05) is 31.7 Å². The fourth-order valence-corrected chi connectivity index (χ4v) is 2.67. The van der Waals surface area contributed by atoms with Crippen LogP contribution in [0.5, 0.6) is 0 Å². The van der Waals surface area contributed by atoms with E-state index in [9.17, 15) is 4.79 Å². The van der Waals surface area contributed by atoms with Gasteiger partial charge in [-0.15, -0.1) is 0 Å². The van der Waals surface area contributed by atoms with Crippen LogP contribution < -0.4 is 0 Å². The maximum absolute atomic E-state index is 12.2. The van der Waals surface area contributed by atoms with E-state index in [0.717, 1.165) is 32.6 Å². The van der Waals surface area contributed by atoms with E-state index in [-0.39, 0.29) is 6.09 Å². The molecular weight excluding hydrogens is 276 g/mol. The first kappa shape index (κ1) is 16.8. The second-order valence-corrected chi connectivity index (χ2v) is 7.06. The van der Waals surface area contributed by atoms with Crippen molar-refractivity contribution in [2.24, 2.45) is 0 Å². The number of carbonyl (C=O) groups is 1. The minimum atomic E-state index is -0.432. The minimum absolute atomic E-state index is 0.193. The lowest BCUT2D eigenvalue weighted by Crippen LogP contribution is -2.39. The van der Waals surface area contributed by atoms with Crippen LogP contribution in [-0.4, -0.2) is 47.2 Å². The van der Waals surface area contributed by atoms with Crippen LogP contribution in [0.4, 0.5) is 4.79 Å². The molecule has 4 nitrogen and oxygen atoms in total. The van der Waals surface area contributed by atoms with Gasteiger partial charge in [0.15, 0.2) is 0 Å². The molecule has 1 heterocycles. The van der Waals surface area contributed by atoms with Crippen LogP contribution in [0.15, 0.2) is 30.3 Å². The van der Waals surface area contributed by atoms with Gasteiger partial charge in [-0.05, 0) is 39.7 Å². The van der Waals surface area contributed by atoms with E-state index in [1.54, 1.807) is 0 Å². The average Bonchev–Trinajstić information content (AvgIpc) is 2.61. The van der Waals surface area contributed by atoms with E-state index in [1.165, 1.54) is 5.56 Å². The van der Waals surface area contributed by atoms with Crippen LogP contribution in [0.25, 0.3) is 0 Å². The Kier molecular flexibility index (Phi) is 5.46. The summed E-state index contributed by atoms with van der Waals surface area (Å²) in [4.78, 5) is 16.5. The third-order valence-electron chi connectivity index (χ3n) is 3.98. The molecule has 4 heteroatoms. The quantitative estimate of drug-likeness (QED) is 0.838. The molecule has 1 aromatic carbocycles. The van der Waals surface area contributed by atoms with Crippen LogP contribution >= 0.6 is 0 Å². The summed E-state index contributed by atoms with van der Waals surface area (Å²) in [6, 6.07) is 11.0. The van der Waals surface area contributed by atoms with E-state index >= 15 is 0 Å². The predicted molar refractivity (Wildman–Crippen MR) is 88.7 cm³/mol. The maximum atomic E-state index is 12.2. The molecule has 22 heavy (non-hydrogen) atoms. The zero-order valence-corrected chi connectivity index (χ0v) is 14.2. The first-order valence-corrected chi connectivity index (χ1v) is 8.11. The Morgan fingerprint density at radius 1 is 1.18 bits per heavy atom. The number of nitrogens with zero attached hydrogens (tertiary/aromatic N) is 2.